The smallest absolute Gasteiger partial charge is 0.255 e. The molecule has 0 fully saturated rings. The molecule has 2 nitrogen and oxygen atoms in total. The SMILES string of the molecule is CC(C)N(C(=O)c1cccc2ccccc12)C(C)(C)C. The lowest BCUT2D eigenvalue weighted by atomic mass is 9.98. The van der Waals surface area contributed by atoms with Gasteiger partial charge in [0.25, 0.3) is 5.91 Å². The molecule has 0 saturated heterocycles. The Bertz CT molecular complexity index is 617. The summed E-state index contributed by atoms with van der Waals surface area (Å²) in [6.07, 6.45) is 0. The quantitative estimate of drug-likeness (QED) is 0.786. The monoisotopic (exact) mass is 269 g/mol. The molecule has 20 heavy (non-hydrogen) atoms. The van der Waals surface area contributed by atoms with Gasteiger partial charge in [-0.1, -0.05) is 36.4 Å². The first-order valence-electron chi connectivity index (χ1n) is 7.14. The fourth-order valence-electron chi connectivity index (χ4n) is 2.86. The highest BCUT2D eigenvalue weighted by Crippen LogP contribution is 2.25. The lowest BCUT2D eigenvalue weighted by molar-refractivity contribution is 0.0492. The summed E-state index contributed by atoms with van der Waals surface area (Å²) >= 11 is 0. The number of hydrogen-bond acceptors (Lipinski definition) is 1. The summed E-state index contributed by atoms with van der Waals surface area (Å²) in [5, 5.41) is 2.13. The Balaban J connectivity index is 2.55. The lowest BCUT2D eigenvalue weighted by Crippen LogP contribution is -2.49. The Hall–Kier alpha value is -1.83. The Morgan fingerprint density at radius 2 is 1.60 bits per heavy atom. The number of fused-ring (bicyclic) bond motifs is 1. The molecule has 0 aliphatic heterocycles. The molecule has 1 amide bonds. The van der Waals surface area contributed by atoms with Crippen LogP contribution < -0.4 is 0 Å². The van der Waals surface area contributed by atoms with Crippen LogP contribution in [0.15, 0.2) is 42.5 Å². The van der Waals surface area contributed by atoms with Crippen molar-refractivity contribution < 1.29 is 4.79 Å². The molecule has 0 saturated carbocycles. The maximum Gasteiger partial charge on any atom is 0.255 e. The number of rotatable bonds is 2. The fraction of sp³-hybridized carbons (Fsp3) is 0.389. The predicted octanol–water partition coefficient (Wildman–Crippen LogP) is 4.49. The van der Waals surface area contributed by atoms with Crippen LogP contribution in [0, 0.1) is 0 Å². The van der Waals surface area contributed by atoms with E-state index in [-0.39, 0.29) is 17.5 Å². The van der Waals surface area contributed by atoms with Gasteiger partial charge in [0.05, 0.1) is 0 Å². The molecule has 0 N–H and O–H groups in total. The third-order valence-corrected chi connectivity index (χ3v) is 3.48. The van der Waals surface area contributed by atoms with Gasteiger partial charge in [0.15, 0.2) is 0 Å². The second-order valence-corrected chi connectivity index (χ2v) is 6.47. The minimum Gasteiger partial charge on any atom is -0.331 e. The zero-order valence-electron chi connectivity index (χ0n) is 13.0. The van der Waals surface area contributed by atoms with Crippen molar-refractivity contribution in [3.8, 4) is 0 Å². The van der Waals surface area contributed by atoms with Gasteiger partial charge in [0.2, 0.25) is 0 Å². The standard InChI is InChI=1S/C18H23NO/c1-13(2)19(18(3,4)5)17(20)16-12-8-10-14-9-6-7-11-15(14)16/h6-13H,1-5H3. The molecule has 0 radical (unpaired) electrons. The third-order valence-electron chi connectivity index (χ3n) is 3.48. The number of benzene rings is 2. The van der Waals surface area contributed by atoms with E-state index in [0.717, 1.165) is 16.3 Å². The minimum atomic E-state index is -0.192. The first-order chi connectivity index (χ1) is 9.32. The van der Waals surface area contributed by atoms with E-state index in [2.05, 4.69) is 34.6 Å². The van der Waals surface area contributed by atoms with Crippen LogP contribution in [0.1, 0.15) is 45.0 Å². The highest BCUT2D eigenvalue weighted by Gasteiger charge is 2.30. The number of carbonyl (C=O) groups is 1. The Morgan fingerprint density at radius 1 is 1.00 bits per heavy atom. The van der Waals surface area contributed by atoms with E-state index in [1.807, 2.05) is 47.4 Å². The van der Waals surface area contributed by atoms with Gasteiger partial charge in [0, 0.05) is 17.1 Å². The molecule has 0 atom stereocenters. The molecule has 0 heterocycles. The number of carbonyl (C=O) groups excluding carboxylic acids is 1. The van der Waals surface area contributed by atoms with Gasteiger partial charge >= 0.3 is 0 Å². The van der Waals surface area contributed by atoms with E-state index in [9.17, 15) is 4.79 Å². The Morgan fingerprint density at radius 3 is 2.20 bits per heavy atom. The molecule has 0 spiro atoms. The number of hydrogen-bond donors (Lipinski definition) is 0. The minimum absolute atomic E-state index is 0.101. The average Bonchev–Trinajstić information content (AvgIpc) is 2.35. The van der Waals surface area contributed by atoms with Crippen LogP contribution in [0.5, 0.6) is 0 Å². The maximum atomic E-state index is 13.0. The van der Waals surface area contributed by atoms with E-state index < -0.39 is 0 Å². The summed E-state index contributed by atoms with van der Waals surface area (Å²) in [6.45, 7) is 10.4. The van der Waals surface area contributed by atoms with Gasteiger partial charge in [-0.3, -0.25) is 4.79 Å². The first kappa shape index (κ1) is 14.6. The second kappa shape index (κ2) is 5.28. The highest BCUT2D eigenvalue weighted by atomic mass is 16.2. The third kappa shape index (κ3) is 2.69. The summed E-state index contributed by atoms with van der Waals surface area (Å²) < 4.78 is 0. The van der Waals surface area contributed by atoms with E-state index in [4.69, 9.17) is 0 Å². The maximum absolute atomic E-state index is 13.0. The van der Waals surface area contributed by atoms with Crippen molar-refractivity contribution in [1.82, 2.24) is 4.90 Å². The van der Waals surface area contributed by atoms with Crippen LogP contribution in [0.2, 0.25) is 0 Å². The molecular formula is C18H23NO. The second-order valence-electron chi connectivity index (χ2n) is 6.47. The topological polar surface area (TPSA) is 20.3 Å². The van der Waals surface area contributed by atoms with Gasteiger partial charge < -0.3 is 4.90 Å². The Kier molecular flexibility index (Phi) is 3.85. The van der Waals surface area contributed by atoms with Gasteiger partial charge in [-0.05, 0) is 51.5 Å². The van der Waals surface area contributed by atoms with Crippen LogP contribution in [0.4, 0.5) is 0 Å². The molecule has 2 aromatic rings. The zero-order valence-corrected chi connectivity index (χ0v) is 13.0. The van der Waals surface area contributed by atoms with E-state index in [1.54, 1.807) is 0 Å². The van der Waals surface area contributed by atoms with Gasteiger partial charge in [-0.25, -0.2) is 0 Å². The fourth-order valence-corrected chi connectivity index (χ4v) is 2.86. The molecule has 2 rings (SSSR count). The highest BCUT2D eigenvalue weighted by molar-refractivity contribution is 6.07. The van der Waals surface area contributed by atoms with Crippen molar-refractivity contribution in [2.45, 2.75) is 46.2 Å². The predicted molar refractivity (Wildman–Crippen MR) is 85.0 cm³/mol. The molecule has 0 aliphatic carbocycles. The van der Waals surface area contributed by atoms with Crippen molar-refractivity contribution in [2.24, 2.45) is 0 Å². The zero-order chi connectivity index (χ0) is 14.9. The summed E-state index contributed by atoms with van der Waals surface area (Å²) in [7, 11) is 0. The molecule has 0 aliphatic rings. The average molecular weight is 269 g/mol. The van der Waals surface area contributed by atoms with Gasteiger partial charge in [-0.15, -0.1) is 0 Å². The van der Waals surface area contributed by atoms with Crippen molar-refractivity contribution in [1.29, 1.82) is 0 Å². The Labute approximate surface area is 121 Å². The van der Waals surface area contributed by atoms with Crippen LogP contribution in [-0.4, -0.2) is 22.4 Å². The largest absolute Gasteiger partial charge is 0.331 e. The van der Waals surface area contributed by atoms with Crippen molar-refractivity contribution >= 4 is 16.7 Å². The van der Waals surface area contributed by atoms with Crippen LogP contribution in [-0.2, 0) is 0 Å². The number of nitrogens with zero attached hydrogens (tertiary/aromatic N) is 1. The summed E-state index contributed by atoms with van der Waals surface area (Å²) in [4.78, 5) is 14.9. The van der Waals surface area contributed by atoms with Crippen LogP contribution >= 0.6 is 0 Å². The van der Waals surface area contributed by atoms with E-state index >= 15 is 0 Å². The van der Waals surface area contributed by atoms with Crippen LogP contribution in [0.25, 0.3) is 10.8 Å². The van der Waals surface area contributed by atoms with Gasteiger partial charge in [0.1, 0.15) is 0 Å². The molecule has 0 aromatic heterocycles. The molecular weight excluding hydrogens is 246 g/mol. The van der Waals surface area contributed by atoms with Crippen LogP contribution in [0.3, 0.4) is 0 Å². The summed E-state index contributed by atoms with van der Waals surface area (Å²) in [5.74, 6) is 0.101. The van der Waals surface area contributed by atoms with Gasteiger partial charge in [-0.2, -0.15) is 0 Å². The normalized spacial score (nSPS) is 11.9. The molecule has 0 unspecified atom stereocenters. The van der Waals surface area contributed by atoms with Crippen molar-refractivity contribution in [3.05, 3.63) is 48.0 Å². The summed E-state index contributed by atoms with van der Waals surface area (Å²) in [5.41, 5.74) is 0.592. The molecule has 0 bridgehead atoms. The van der Waals surface area contributed by atoms with Crippen molar-refractivity contribution in [3.63, 3.8) is 0 Å². The molecule has 106 valence electrons. The molecule has 2 heteroatoms. The first-order valence-corrected chi connectivity index (χ1v) is 7.14. The molecule has 2 aromatic carbocycles. The lowest BCUT2D eigenvalue weighted by Gasteiger charge is -2.39. The number of amides is 1. The summed E-state index contributed by atoms with van der Waals surface area (Å²) in [6, 6.07) is 14.1. The van der Waals surface area contributed by atoms with E-state index in [1.165, 1.54) is 0 Å². The van der Waals surface area contributed by atoms with E-state index in [0.29, 0.717) is 0 Å². The van der Waals surface area contributed by atoms with Crippen molar-refractivity contribution in [2.75, 3.05) is 0 Å².